The minimum atomic E-state index is -0.202. The smallest absolute Gasteiger partial charge is 0.270 e. The van der Waals surface area contributed by atoms with Crippen molar-refractivity contribution in [1.29, 1.82) is 0 Å². The number of amides is 1. The molecule has 0 aliphatic heterocycles. The highest BCUT2D eigenvalue weighted by molar-refractivity contribution is 7.13. The zero-order chi connectivity index (χ0) is 15.8. The molecule has 22 heavy (non-hydrogen) atoms. The molecule has 0 bridgehead atoms. The van der Waals surface area contributed by atoms with Gasteiger partial charge >= 0.3 is 0 Å². The van der Waals surface area contributed by atoms with Crippen LogP contribution in [0, 0.1) is 0 Å². The van der Waals surface area contributed by atoms with Crippen LogP contribution in [0.2, 0.25) is 5.02 Å². The maximum atomic E-state index is 12.0. The molecule has 5 nitrogen and oxygen atoms in total. The van der Waals surface area contributed by atoms with E-state index in [1.54, 1.807) is 11.4 Å². The number of rotatable bonds is 8. The lowest BCUT2D eigenvalue weighted by Crippen LogP contribution is -2.25. The zero-order valence-corrected chi connectivity index (χ0v) is 13.5. The van der Waals surface area contributed by atoms with E-state index >= 15 is 0 Å². The summed E-state index contributed by atoms with van der Waals surface area (Å²) in [6, 6.07) is 7.38. The van der Waals surface area contributed by atoms with Crippen LogP contribution in [0.15, 0.2) is 29.6 Å². The molecule has 0 aliphatic carbocycles. The van der Waals surface area contributed by atoms with Crippen molar-refractivity contribution in [2.24, 2.45) is 0 Å². The third kappa shape index (κ3) is 5.06. The van der Waals surface area contributed by atoms with Gasteiger partial charge in [-0.1, -0.05) is 23.7 Å². The van der Waals surface area contributed by atoms with Gasteiger partial charge < -0.3 is 15.2 Å². The highest BCUT2D eigenvalue weighted by atomic mass is 35.5. The van der Waals surface area contributed by atoms with Gasteiger partial charge in [0, 0.05) is 29.1 Å². The van der Waals surface area contributed by atoms with Gasteiger partial charge in [0.15, 0.2) is 0 Å². The molecule has 1 amide bonds. The van der Waals surface area contributed by atoms with Crippen LogP contribution in [-0.4, -0.2) is 42.4 Å². The van der Waals surface area contributed by atoms with E-state index in [0.29, 0.717) is 36.9 Å². The summed E-state index contributed by atoms with van der Waals surface area (Å²) in [6.07, 6.45) is 0.691. The standard InChI is InChI=1S/C15H17ClN2O3S/c16-12-4-1-3-11(9-12)15-18-13(10-22-15)14(20)17-5-2-7-21-8-6-19/h1,3-4,9-10,19H,2,5-8H2,(H,17,20). The summed E-state index contributed by atoms with van der Waals surface area (Å²) in [5.41, 5.74) is 1.30. The fraction of sp³-hybridized carbons (Fsp3) is 0.333. The number of benzene rings is 1. The van der Waals surface area contributed by atoms with E-state index in [-0.39, 0.29) is 12.5 Å². The number of halogens is 1. The maximum Gasteiger partial charge on any atom is 0.270 e. The van der Waals surface area contributed by atoms with Crippen molar-refractivity contribution in [1.82, 2.24) is 10.3 Å². The topological polar surface area (TPSA) is 71.5 Å². The first-order valence-electron chi connectivity index (χ1n) is 6.89. The Hall–Kier alpha value is -1.47. The van der Waals surface area contributed by atoms with Crippen LogP contribution in [0.25, 0.3) is 10.6 Å². The highest BCUT2D eigenvalue weighted by Gasteiger charge is 2.11. The molecule has 0 unspecified atom stereocenters. The second-order valence-electron chi connectivity index (χ2n) is 4.49. The number of nitrogens with one attached hydrogen (secondary N) is 1. The molecule has 0 fully saturated rings. The molecule has 0 spiro atoms. The van der Waals surface area contributed by atoms with Crippen molar-refractivity contribution < 1.29 is 14.6 Å². The van der Waals surface area contributed by atoms with Crippen LogP contribution < -0.4 is 5.32 Å². The first-order chi connectivity index (χ1) is 10.7. The van der Waals surface area contributed by atoms with Crippen molar-refractivity contribution in [3.8, 4) is 10.6 Å². The van der Waals surface area contributed by atoms with Gasteiger partial charge in [0.2, 0.25) is 0 Å². The van der Waals surface area contributed by atoms with Crippen molar-refractivity contribution >= 4 is 28.8 Å². The van der Waals surface area contributed by atoms with E-state index in [1.165, 1.54) is 11.3 Å². The van der Waals surface area contributed by atoms with Crippen LogP contribution in [0.5, 0.6) is 0 Å². The molecule has 0 saturated heterocycles. The minimum Gasteiger partial charge on any atom is -0.394 e. The van der Waals surface area contributed by atoms with Crippen molar-refractivity contribution in [2.45, 2.75) is 6.42 Å². The molecule has 7 heteroatoms. The predicted octanol–water partition coefficient (Wildman–Crippen LogP) is 2.59. The maximum absolute atomic E-state index is 12.0. The zero-order valence-electron chi connectivity index (χ0n) is 11.9. The normalized spacial score (nSPS) is 10.6. The number of carbonyl (C=O) groups excluding carboxylic acids is 1. The number of thiazole rings is 1. The van der Waals surface area contributed by atoms with Gasteiger partial charge in [0.1, 0.15) is 10.7 Å². The molecule has 2 aromatic rings. The summed E-state index contributed by atoms with van der Waals surface area (Å²) in [5.74, 6) is -0.202. The Morgan fingerprint density at radius 1 is 1.41 bits per heavy atom. The van der Waals surface area contributed by atoms with Gasteiger partial charge in [-0.3, -0.25) is 4.79 Å². The third-order valence-corrected chi connectivity index (χ3v) is 3.92. The quantitative estimate of drug-likeness (QED) is 0.725. The summed E-state index contributed by atoms with van der Waals surface area (Å²) in [4.78, 5) is 16.3. The second-order valence-corrected chi connectivity index (χ2v) is 5.79. The predicted molar refractivity (Wildman–Crippen MR) is 87.4 cm³/mol. The molecule has 1 heterocycles. The first kappa shape index (κ1) is 16.9. The van der Waals surface area contributed by atoms with E-state index in [4.69, 9.17) is 21.4 Å². The van der Waals surface area contributed by atoms with Gasteiger partial charge in [-0.25, -0.2) is 4.98 Å². The summed E-state index contributed by atoms with van der Waals surface area (Å²) < 4.78 is 5.12. The van der Waals surface area contributed by atoms with Gasteiger partial charge in [-0.15, -0.1) is 11.3 Å². The summed E-state index contributed by atoms with van der Waals surface area (Å²) in [7, 11) is 0. The van der Waals surface area contributed by atoms with Crippen LogP contribution >= 0.6 is 22.9 Å². The Morgan fingerprint density at radius 2 is 2.27 bits per heavy atom. The Balaban J connectivity index is 1.84. The Kier molecular flexibility index (Phi) is 6.79. The summed E-state index contributed by atoms with van der Waals surface area (Å²) in [6.45, 7) is 1.35. The number of hydrogen-bond donors (Lipinski definition) is 2. The number of ether oxygens (including phenoxy) is 1. The Morgan fingerprint density at radius 3 is 3.05 bits per heavy atom. The van der Waals surface area contributed by atoms with Crippen LogP contribution in [0.1, 0.15) is 16.9 Å². The van der Waals surface area contributed by atoms with E-state index in [1.807, 2.05) is 18.2 Å². The van der Waals surface area contributed by atoms with Crippen LogP contribution in [0.3, 0.4) is 0 Å². The van der Waals surface area contributed by atoms with Crippen LogP contribution in [-0.2, 0) is 4.74 Å². The average molecular weight is 341 g/mol. The number of aromatic nitrogens is 1. The number of hydrogen-bond acceptors (Lipinski definition) is 5. The van der Waals surface area contributed by atoms with Gasteiger partial charge in [0.05, 0.1) is 13.2 Å². The number of aliphatic hydroxyl groups is 1. The van der Waals surface area contributed by atoms with Crippen molar-refractivity contribution in [3.63, 3.8) is 0 Å². The van der Waals surface area contributed by atoms with Crippen LogP contribution in [0.4, 0.5) is 0 Å². The molecule has 0 aliphatic rings. The SMILES string of the molecule is O=C(NCCCOCCO)c1csc(-c2cccc(Cl)c2)n1. The molecular formula is C15H17ClN2O3S. The number of aliphatic hydroxyl groups excluding tert-OH is 1. The monoisotopic (exact) mass is 340 g/mol. The summed E-state index contributed by atoms with van der Waals surface area (Å²) >= 11 is 7.36. The molecule has 118 valence electrons. The lowest BCUT2D eigenvalue weighted by molar-refractivity contribution is 0.0866. The number of nitrogens with zero attached hydrogens (tertiary/aromatic N) is 1. The summed E-state index contributed by atoms with van der Waals surface area (Å²) in [5, 5.41) is 14.5. The van der Waals surface area contributed by atoms with Crippen molar-refractivity contribution in [2.75, 3.05) is 26.4 Å². The fourth-order valence-corrected chi connectivity index (χ4v) is 2.75. The molecule has 0 saturated carbocycles. The molecule has 1 aromatic carbocycles. The van der Waals surface area contributed by atoms with Crippen molar-refractivity contribution in [3.05, 3.63) is 40.4 Å². The largest absolute Gasteiger partial charge is 0.394 e. The molecule has 2 rings (SSSR count). The van der Waals surface area contributed by atoms with Gasteiger partial charge in [-0.05, 0) is 18.6 Å². The van der Waals surface area contributed by atoms with Gasteiger partial charge in [-0.2, -0.15) is 0 Å². The van der Waals surface area contributed by atoms with Gasteiger partial charge in [0.25, 0.3) is 5.91 Å². The first-order valence-corrected chi connectivity index (χ1v) is 8.14. The van der Waals surface area contributed by atoms with E-state index < -0.39 is 0 Å². The molecular weight excluding hydrogens is 324 g/mol. The molecule has 2 N–H and O–H groups in total. The lowest BCUT2D eigenvalue weighted by Gasteiger charge is -2.03. The van der Waals surface area contributed by atoms with E-state index in [0.717, 1.165) is 10.6 Å². The number of carbonyl (C=O) groups is 1. The second kappa shape index (κ2) is 8.85. The fourth-order valence-electron chi connectivity index (χ4n) is 1.77. The Bertz CT molecular complexity index is 618. The third-order valence-electron chi connectivity index (χ3n) is 2.80. The van der Waals surface area contributed by atoms with E-state index in [9.17, 15) is 4.79 Å². The highest BCUT2D eigenvalue weighted by Crippen LogP contribution is 2.25. The molecule has 0 radical (unpaired) electrons. The lowest BCUT2D eigenvalue weighted by atomic mass is 10.2. The minimum absolute atomic E-state index is 0.0114. The Labute approximate surface area is 137 Å². The molecule has 0 atom stereocenters. The average Bonchev–Trinajstić information content (AvgIpc) is 3.00. The molecule has 1 aromatic heterocycles. The van der Waals surface area contributed by atoms with E-state index in [2.05, 4.69) is 10.3 Å².